The fourth-order valence-corrected chi connectivity index (χ4v) is 1.47. The zero-order valence-electron chi connectivity index (χ0n) is 11.1. The number of pyridine rings is 1. The van der Waals surface area contributed by atoms with Crippen molar-refractivity contribution in [3.05, 3.63) is 24.5 Å². The maximum absolute atomic E-state index is 11.6. The molecule has 0 spiro atoms. The normalized spacial score (nSPS) is 12.2. The fraction of sp³-hybridized carbons (Fsp3) is 0.538. The minimum atomic E-state index is -0.414. The highest BCUT2D eigenvalue weighted by atomic mass is 16.5. The highest BCUT2D eigenvalue weighted by Gasteiger charge is 2.13. The summed E-state index contributed by atoms with van der Waals surface area (Å²) in [5.74, 6) is -0.0864. The summed E-state index contributed by atoms with van der Waals surface area (Å²) in [4.78, 5) is 15.6. The van der Waals surface area contributed by atoms with Crippen LogP contribution in [-0.4, -0.2) is 36.2 Å². The second-order valence-corrected chi connectivity index (χ2v) is 4.29. The van der Waals surface area contributed by atoms with E-state index in [2.05, 4.69) is 15.6 Å². The lowest BCUT2D eigenvalue weighted by atomic mass is 10.3. The molecule has 0 aliphatic heterocycles. The third-order valence-corrected chi connectivity index (χ3v) is 2.26. The van der Waals surface area contributed by atoms with Crippen LogP contribution >= 0.6 is 0 Å². The minimum Gasteiger partial charge on any atom is -0.382 e. The Balaban J connectivity index is 2.16. The number of hydrogen-bond acceptors (Lipinski definition) is 4. The van der Waals surface area contributed by atoms with Crippen molar-refractivity contribution in [2.24, 2.45) is 0 Å². The number of carbonyl (C=O) groups is 1. The molecule has 1 amide bonds. The second-order valence-electron chi connectivity index (χ2n) is 4.29. The maximum Gasteiger partial charge on any atom is 0.248 e. The number of aromatic nitrogens is 1. The van der Waals surface area contributed by atoms with E-state index in [4.69, 9.17) is 4.74 Å². The van der Waals surface area contributed by atoms with Gasteiger partial charge in [-0.15, -0.1) is 0 Å². The first kappa shape index (κ1) is 14.4. The highest BCUT2D eigenvalue weighted by Crippen LogP contribution is 2.01. The van der Waals surface area contributed by atoms with Crippen LogP contribution in [0.1, 0.15) is 20.8 Å². The van der Waals surface area contributed by atoms with E-state index in [0.717, 1.165) is 5.69 Å². The van der Waals surface area contributed by atoms with Gasteiger partial charge < -0.3 is 15.4 Å². The van der Waals surface area contributed by atoms with E-state index >= 15 is 0 Å². The van der Waals surface area contributed by atoms with Crippen LogP contribution in [0.4, 0.5) is 5.69 Å². The molecule has 100 valence electrons. The molecule has 1 heterocycles. The van der Waals surface area contributed by atoms with Crippen molar-refractivity contribution < 1.29 is 9.53 Å². The quantitative estimate of drug-likeness (QED) is 0.719. The Morgan fingerprint density at radius 2 is 2.17 bits per heavy atom. The van der Waals surface area contributed by atoms with E-state index in [1.54, 1.807) is 19.3 Å². The van der Waals surface area contributed by atoms with Gasteiger partial charge in [0.05, 0.1) is 11.8 Å². The SMILES string of the molecule is CC(C)O[C@H](C)C(=O)NCCNc1cccnc1. The zero-order chi connectivity index (χ0) is 13.4. The van der Waals surface area contributed by atoms with Gasteiger partial charge in [0.15, 0.2) is 0 Å². The summed E-state index contributed by atoms with van der Waals surface area (Å²) < 4.78 is 5.38. The summed E-state index contributed by atoms with van der Waals surface area (Å²) in [6, 6.07) is 3.79. The summed E-state index contributed by atoms with van der Waals surface area (Å²) in [5, 5.41) is 5.97. The van der Waals surface area contributed by atoms with Gasteiger partial charge in [0, 0.05) is 25.5 Å². The maximum atomic E-state index is 11.6. The van der Waals surface area contributed by atoms with Crippen LogP contribution in [0.3, 0.4) is 0 Å². The lowest BCUT2D eigenvalue weighted by Gasteiger charge is -2.16. The number of amides is 1. The molecule has 1 aromatic rings. The molecule has 5 nitrogen and oxygen atoms in total. The molecule has 1 atom stereocenters. The van der Waals surface area contributed by atoms with Gasteiger partial charge in [0.25, 0.3) is 0 Å². The molecule has 1 aromatic heterocycles. The Hall–Kier alpha value is -1.62. The topological polar surface area (TPSA) is 63.2 Å². The Kier molecular flexibility index (Phi) is 6.14. The van der Waals surface area contributed by atoms with E-state index in [9.17, 15) is 4.79 Å². The number of nitrogens with one attached hydrogen (secondary N) is 2. The van der Waals surface area contributed by atoms with Crippen molar-refractivity contribution in [3.8, 4) is 0 Å². The average Bonchev–Trinajstić information content (AvgIpc) is 2.34. The number of ether oxygens (including phenoxy) is 1. The molecule has 0 saturated carbocycles. The zero-order valence-corrected chi connectivity index (χ0v) is 11.1. The summed E-state index contributed by atoms with van der Waals surface area (Å²) >= 11 is 0. The van der Waals surface area contributed by atoms with Crippen molar-refractivity contribution in [1.82, 2.24) is 10.3 Å². The van der Waals surface area contributed by atoms with Crippen LogP contribution in [0, 0.1) is 0 Å². The first-order valence-corrected chi connectivity index (χ1v) is 6.16. The molecule has 0 unspecified atom stereocenters. The Bertz CT molecular complexity index is 355. The molecule has 0 aromatic carbocycles. The van der Waals surface area contributed by atoms with Crippen LogP contribution in [0.15, 0.2) is 24.5 Å². The predicted molar refractivity (Wildman–Crippen MR) is 71.4 cm³/mol. The fourth-order valence-electron chi connectivity index (χ4n) is 1.47. The molecular weight excluding hydrogens is 230 g/mol. The predicted octanol–water partition coefficient (Wildman–Crippen LogP) is 1.42. The largest absolute Gasteiger partial charge is 0.382 e. The number of anilines is 1. The van der Waals surface area contributed by atoms with Gasteiger partial charge in [-0.05, 0) is 32.9 Å². The molecule has 0 aliphatic rings. The van der Waals surface area contributed by atoms with Gasteiger partial charge in [0.2, 0.25) is 5.91 Å². The van der Waals surface area contributed by atoms with Crippen molar-refractivity contribution in [2.45, 2.75) is 33.0 Å². The van der Waals surface area contributed by atoms with Crippen molar-refractivity contribution in [3.63, 3.8) is 0 Å². The smallest absolute Gasteiger partial charge is 0.248 e. The summed E-state index contributed by atoms with van der Waals surface area (Å²) in [6.07, 6.45) is 3.10. The van der Waals surface area contributed by atoms with Crippen LogP contribution in [0.2, 0.25) is 0 Å². The van der Waals surface area contributed by atoms with E-state index in [0.29, 0.717) is 13.1 Å². The van der Waals surface area contributed by atoms with Crippen molar-refractivity contribution in [1.29, 1.82) is 0 Å². The summed E-state index contributed by atoms with van der Waals surface area (Å²) in [6.45, 7) is 6.79. The Morgan fingerprint density at radius 3 is 2.78 bits per heavy atom. The highest BCUT2D eigenvalue weighted by molar-refractivity contribution is 5.80. The molecule has 0 aliphatic carbocycles. The minimum absolute atomic E-state index is 0.0549. The summed E-state index contributed by atoms with van der Waals surface area (Å²) in [5.41, 5.74) is 0.943. The molecule has 0 radical (unpaired) electrons. The monoisotopic (exact) mass is 251 g/mol. The van der Waals surface area contributed by atoms with E-state index in [1.165, 1.54) is 0 Å². The molecule has 0 bridgehead atoms. The molecule has 5 heteroatoms. The molecule has 18 heavy (non-hydrogen) atoms. The van der Waals surface area contributed by atoms with Crippen LogP contribution in [-0.2, 0) is 9.53 Å². The standard InChI is InChI=1S/C13H21N3O2/c1-10(2)18-11(3)13(17)16-8-7-15-12-5-4-6-14-9-12/h4-6,9-11,15H,7-8H2,1-3H3,(H,16,17)/t11-/m1/s1. The van der Waals surface area contributed by atoms with Crippen molar-refractivity contribution in [2.75, 3.05) is 18.4 Å². The molecule has 1 rings (SSSR count). The van der Waals surface area contributed by atoms with Gasteiger partial charge in [-0.25, -0.2) is 0 Å². The number of nitrogens with zero attached hydrogens (tertiary/aromatic N) is 1. The van der Waals surface area contributed by atoms with Gasteiger partial charge in [-0.2, -0.15) is 0 Å². The van der Waals surface area contributed by atoms with Gasteiger partial charge in [-0.1, -0.05) is 0 Å². The number of rotatable bonds is 7. The molecular formula is C13H21N3O2. The van der Waals surface area contributed by atoms with Gasteiger partial charge >= 0.3 is 0 Å². The van der Waals surface area contributed by atoms with Crippen LogP contribution in [0.25, 0.3) is 0 Å². The van der Waals surface area contributed by atoms with Gasteiger partial charge in [-0.3, -0.25) is 9.78 Å². The van der Waals surface area contributed by atoms with Crippen LogP contribution in [0.5, 0.6) is 0 Å². The third kappa shape index (κ3) is 5.63. The second kappa shape index (κ2) is 7.66. The first-order chi connectivity index (χ1) is 8.59. The molecule has 2 N–H and O–H groups in total. The average molecular weight is 251 g/mol. The Morgan fingerprint density at radius 1 is 1.39 bits per heavy atom. The molecule has 0 saturated heterocycles. The summed E-state index contributed by atoms with van der Waals surface area (Å²) in [7, 11) is 0. The molecule has 0 fully saturated rings. The lowest BCUT2D eigenvalue weighted by molar-refractivity contribution is -0.134. The lowest BCUT2D eigenvalue weighted by Crippen LogP contribution is -2.38. The number of hydrogen-bond donors (Lipinski definition) is 2. The van der Waals surface area contributed by atoms with E-state index in [1.807, 2.05) is 26.0 Å². The van der Waals surface area contributed by atoms with Crippen molar-refractivity contribution >= 4 is 11.6 Å². The van der Waals surface area contributed by atoms with Crippen LogP contribution < -0.4 is 10.6 Å². The number of carbonyl (C=O) groups excluding carboxylic acids is 1. The Labute approximate surface area is 108 Å². The van der Waals surface area contributed by atoms with E-state index < -0.39 is 6.10 Å². The van der Waals surface area contributed by atoms with E-state index in [-0.39, 0.29) is 12.0 Å². The first-order valence-electron chi connectivity index (χ1n) is 6.16. The van der Waals surface area contributed by atoms with Gasteiger partial charge in [0.1, 0.15) is 6.10 Å². The third-order valence-electron chi connectivity index (χ3n) is 2.26.